The highest BCUT2D eigenvalue weighted by Gasteiger charge is 2.24. The summed E-state index contributed by atoms with van der Waals surface area (Å²) < 4.78 is 15.9. The summed E-state index contributed by atoms with van der Waals surface area (Å²) >= 11 is 0. The van der Waals surface area contributed by atoms with Gasteiger partial charge >= 0.3 is 5.97 Å². The van der Waals surface area contributed by atoms with E-state index < -0.39 is 18.0 Å². The molecule has 1 N–H and O–H groups in total. The van der Waals surface area contributed by atoms with Crippen molar-refractivity contribution in [3.63, 3.8) is 0 Å². The molecule has 6 nitrogen and oxygen atoms in total. The topological polar surface area (TPSA) is 73.9 Å². The lowest BCUT2D eigenvalue weighted by molar-refractivity contribution is -0.149. The first-order chi connectivity index (χ1) is 15.1. The molecule has 0 heterocycles. The molecule has 1 amide bonds. The van der Waals surface area contributed by atoms with E-state index in [0.717, 1.165) is 5.56 Å². The number of hydrogen-bond acceptors (Lipinski definition) is 5. The van der Waals surface area contributed by atoms with E-state index in [1.807, 2.05) is 24.3 Å². The summed E-state index contributed by atoms with van der Waals surface area (Å²) in [4.78, 5) is 25.4. The molecule has 0 aliphatic carbocycles. The van der Waals surface area contributed by atoms with Gasteiger partial charge in [-0.15, -0.1) is 0 Å². The Labute approximate surface area is 181 Å². The smallest absolute Gasteiger partial charge is 0.331 e. The summed E-state index contributed by atoms with van der Waals surface area (Å²) in [6.45, 7) is 0. The van der Waals surface area contributed by atoms with Gasteiger partial charge in [0.25, 0.3) is 5.91 Å². The van der Waals surface area contributed by atoms with Crippen molar-refractivity contribution in [1.29, 1.82) is 0 Å². The molecule has 0 aliphatic rings. The molecule has 3 aromatic carbocycles. The Bertz CT molecular complexity index is 1060. The Morgan fingerprint density at radius 1 is 0.839 bits per heavy atom. The van der Waals surface area contributed by atoms with Crippen LogP contribution < -0.4 is 14.8 Å². The van der Waals surface area contributed by atoms with Crippen LogP contribution >= 0.6 is 0 Å². The fraction of sp³-hybridized carbons (Fsp3) is 0.120. The predicted octanol–water partition coefficient (Wildman–Crippen LogP) is 4.64. The minimum Gasteiger partial charge on any atom is -0.497 e. The van der Waals surface area contributed by atoms with Crippen molar-refractivity contribution < 1.29 is 23.8 Å². The summed E-state index contributed by atoms with van der Waals surface area (Å²) in [5, 5.41) is 2.77. The van der Waals surface area contributed by atoms with Crippen molar-refractivity contribution in [2.24, 2.45) is 0 Å². The third-order valence-electron chi connectivity index (χ3n) is 4.42. The molecule has 0 aromatic heterocycles. The number of benzene rings is 3. The second-order valence-electron chi connectivity index (χ2n) is 6.56. The molecule has 6 heteroatoms. The van der Waals surface area contributed by atoms with Crippen molar-refractivity contribution >= 4 is 23.6 Å². The molecular formula is C25H23NO5. The van der Waals surface area contributed by atoms with Gasteiger partial charge in [-0.05, 0) is 35.9 Å². The van der Waals surface area contributed by atoms with Crippen LogP contribution in [-0.2, 0) is 14.3 Å². The quantitative estimate of drug-likeness (QED) is 0.427. The van der Waals surface area contributed by atoms with Crippen LogP contribution in [-0.4, -0.2) is 26.1 Å². The maximum absolute atomic E-state index is 12.9. The molecule has 158 valence electrons. The summed E-state index contributed by atoms with van der Waals surface area (Å²) in [6.07, 6.45) is 1.77. The molecule has 31 heavy (non-hydrogen) atoms. The van der Waals surface area contributed by atoms with E-state index in [9.17, 15) is 9.59 Å². The summed E-state index contributed by atoms with van der Waals surface area (Å²) in [6, 6.07) is 23.0. The average molecular weight is 417 g/mol. The van der Waals surface area contributed by atoms with Gasteiger partial charge in [0.1, 0.15) is 11.5 Å². The Morgan fingerprint density at radius 2 is 1.52 bits per heavy atom. The molecule has 1 atom stereocenters. The van der Waals surface area contributed by atoms with Crippen LogP contribution in [0.15, 0.2) is 84.9 Å². The van der Waals surface area contributed by atoms with Crippen LogP contribution in [0, 0.1) is 0 Å². The zero-order valence-electron chi connectivity index (χ0n) is 17.3. The van der Waals surface area contributed by atoms with Gasteiger partial charge in [0, 0.05) is 23.4 Å². The standard InChI is InChI=1S/C25H23NO5/c1-29-21-12-6-8-18(16-21)14-15-23(27)31-24(19-9-4-3-5-10-19)25(28)26-20-11-7-13-22(17-20)30-2/h3-17,24H,1-2H3,(H,26,28)/b15-14+/t24-/m1/s1. The van der Waals surface area contributed by atoms with E-state index >= 15 is 0 Å². The molecule has 0 spiro atoms. The van der Waals surface area contributed by atoms with Gasteiger partial charge in [-0.25, -0.2) is 4.79 Å². The number of anilines is 1. The van der Waals surface area contributed by atoms with Crippen LogP contribution in [0.1, 0.15) is 17.2 Å². The highest BCUT2D eigenvalue weighted by molar-refractivity contribution is 5.97. The number of ether oxygens (including phenoxy) is 3. The number of carbonyl (C=O) groups is 2. The zero-order valence-corrected chi connectivity index (χ0v) is 17.3. The van der Waals surface area contributed by atoms with Crippen LogP contribution in [0.3, 0.4) is 0 Å². The van der Waals surface area contributed by atoms with E-state index in [4.69, 9.17) is 14.2 Å². The first-order valence-electron chi connectivity index (χ1n) is 9.61. The molecule has 0 bridgehead atoms. The van der Waals surface area contributed by atoms with Crippen molar-refractivity contribution in [3.8, 4) is 11.5 Å². The van der Waals surface area contributed by atoms with Crippen molar-refractivity contribution in [2.75, 3.05) is 19.5 Å². The number of carbonyl (C=O) groups excluding carboxylic acids is 2. The van der Waals surface area contributed by atoms with Crippen LogP contribution in [0.25, 0.3) is 6.08 Å². The predicted molar refractivity (Wildman–Crippen MR) is 119 cm³/mol. The molecule has 0 unspecified atom stereocenters. The lowest BCUT2D eigenvalue weighted by Crippen LogP contribution is -2.25. The normalized spacial score (nSPS) is 11.5. The third kappa shape index (κ3) is 6.21. The average Bonchev–Trinajstić information content (AvgIpc) is 2.82. The number of nitrogens with one attached hydrogen (secondary N) is 1. The van der Waals surface area contributed by atoms with Gasteiger partial charge in [-0.3, -0.25) is 4.79 Å². The molecule has 0 saturated heterocycles. The lowest BCUT2D eigenvalue weighted by atomic mass is 10.1. The molecule has 0 fully saturated rings. The maximum Gasteiger partial charge on any atom is 0.331 e. The first kappa shape index (κ1) is 21.6. The summed E-state index contributed by atoms with van der Waals surface area (Å²) in [5.74, 6) is 0.169. The fourth-order valence-electron chi connectivity index (χ4n) is 2.87. The number of hydrogen-bond donors (Lipinski definition) is 1. The van der Waals surface area contributed by atoms with E-state index in [2.05, 4.69) is 5.32 Å². The highest BCUT2D eigenvalue weighted by Crippen LogP contribution is 2.23. The van der Waals surface area contributed by atoms with Crippen LogP contribution in [0.4, 0.5) is 5.69 Å². The van der Waals surface area contributed by atoms with Crippen molar-refractivity contribution in [2.45, 2.75) is 6.10 Å². The Balaban J connectivity index is 1.76. The molecule has 3 aromatic rings. The second-order valence-corrected chi connectivity index (χ2v) is 6.56. The largest absolute Gasteiger partial charge is 0.497 e. The molecular weight excluding hydrogens is 394 g/mol. The Morgan fingerprint density at radius 3 is 2.23 bits per heavy atom. The first-order valence-corrected chi connectivity index (χ1v) is 9.61. The van der Waals surface area contributed by atoms with Crippen LogP contribution in [0.2, 0.25) is 0 Å². The molecule has 0 aliphatic heterocycles. The van der Waals surface area contributed by atoms with Crippen molar-refractivity contribution in [1.82, 2.24) is 0 Å². The van der Waals surface area contributed by atoms with E-state index in [0.29, 0.717) is 22.7 Å². The van der Waals surface area contributed by atoms with Gasteiger partial charge in [0.05, 0.1) is 14.2 Å². The number of methoxy groups -OCH3 is 2. The highest BCUT2D eigenvalue weighted by atomic mass is 16.5. The van der Waals surface area contributed by atoms with E-state index in [-0.39, 0.29) is 0 Å². The minimum absolute atomic E-state index is 0.470. The second kappa shape index (κ2) is 10.6. The number of esters is 1. The molecule has 0 radical (unpaired) electrons. The minimum atomic E-state index is -1.12. The van der Waals surface area contributed by atoms with Gasteiger partial charge in [-0.1, -0.05) is 48.5 Å². The van der Waals surface area contributed by atoms with E-state index in [1.165, 1.54) is 6.08 Å². The van der Waals surface area contributed by atoms with Crippen LogP contribution in [0.5, 0.6) is 11.5 Å². The lowest BCUT2D eigenvalue weighted by Gasteiger charge is -2.17. The SMILES string of the molecule is COc1cccc(/C=C/C(=O)O[C@@H](C(=O)Nc2cccc(OC)c2)c2ccccc2)c1. The van der Waals surface area contributed by atoms with Gasteiger partial charge < -0.3 is 19.5 Å². The van der Waals surface area contributed by atoms with Gasteiger partial charge in [0.2, 0.25) is 6.10 Å². The number of amides is 1. The number of rotatable bonds is 8. The zero-order chi connectivity index (χ0) is 22.1. The Hall–Kier alpha value is -4.06. The third-order valence-corrected chi connectivity index (χ3v) is 4.42. The van der Waals surface area contributed by atoms with E-state index in [1.54, 1.807) is 74.9 Å². The Kier molecular flexibility index (Phi) is 7.43. The monoisotopic (exact) mass is 417 g/mol. The molecule has 3 rings (SSSR count). The molecule has 0 saturated carbocycles. The summed E-state index contributed by atoms with van der Waals surface area (Å²) in [7, 11) is 3.12. The fourth-order valence-corrected chi connectivity index (χ4v) is 2.87. The van der Waals surface area contributed by atoms with Gasteiger partial charge in [-0.2, -0.15) is 0 Å². The van der Waals surface area contributed by atoms with Crippen molar-refractivity contribution in [3.05, 3.63) is 96.1 Å². The summed E-state index contributed by atoms with van der Waals surface area (Å²) in [5.41, 5.74) is 1.87. The maximum atomic E-state index is 12.9. The van der Waals surface area contributed by atoms with Gasteiger partial charge in [0.15, 0.2) is 0 Å².